The Morgan fingerprint density at radius 2 is 2.00 bits per heavy atom. The molecule has 4 heteroatoms. The van der Waals surface area contributed by atoms with Crippen molar-refractivity contribution < 1.29 is 19.8 Å². The van der Waals surface area contributed by atoms with Crippen LogP contribution in [-0.2, 0) is 9.59 Å². The predicted molar refractivity (Wildman–Crippen MR) is 47.8 cm³/mol. The lowest BCUT2D eigenvalue weighted by molar-refractivity contribution is -0.150. The van der Waals surface area contributed by atoms with Crippen LogP contribution in [0.25, 0.3) is 0 Å². The van der Waals surface area contributed by atoms with Crippen LogP contribution in [0.3, 0.4) is 0 Å². The van der Waals surface area contributed by atoms with Crippen molar-refractivity contribution in [2.75, 3.05) is 0 Å². The van der Waals surface area contributed by atoms with Gasteiger partial charge in [0.25, 0.3) is 0 Å². The van der Waals surface area contributed by atoms with Crippen LogP contribution < -0.4 is 0 Å². The van der Waals surface area contributed by atoms with Crippen molar-refractivity contribution in [3.8, 4) is 0 Å². The lowest BCUT2D eigenvalue weighted by Crippen LogP contribution is -2.30. The largest absolute Gasteiger partial charge is 0.481 e. The van der Waals surface area contributed by atoms with Gasteiger partial charge in [-0.25, -0.2) is 0 Å². The molecule has 0 radical (unpaired) electrons. The van der Waals surface area contributed by atoms with Crippen molar-refractivity contribution >= 4 is 11.9 Å². The van der Waals surface area contributed by atoms with Crippen LogP contribution in [-0.4, -0.2) is 22.2 Å². The molecular formula is C10H14O4. The molecule has 0 amide bonds. The number of rotatable bonds is 2. The molecule has 2 saturated carbocycles. The van der Waals surface area contributed by atoms with E-state index in [9.17, 15) is 14.7 Å². The fraction of sp³-hybridized carbons (Fsp3) is 0.800. The molecule has 78 valence electrons. The van der Waals surface area contributed by atoms with Gasteiger partial charge in [0.05, 0.1) is 11.3 Å². The van der Waals surface area contributed by atoms with Gasteiger partial charge in [0, 0.05) is 0 Å². The molecule has 0 aromatic heterocycles. The van der Waals surface area contributed by atoms with Crippen LogP contribution >= 0.6 is 0 Å². The van der Waals surface area contributed by atoms with E-state index in [1.54, 1.807) is 0 Å². The molecule has 4 nitrogen and oxygen atoms in total. The fourth-order valence-electron chi connectivity index (χ4n) is 3.18. The minimum absolute atomic E-state index is 0.0982. The van der Waals surface area contributed by atoms with E-state index in [0.717, 1.165) is 12.8 Å². The second-order valence-corrected chi connectivity index (χ2v) is 4.53. The number of aliphatic carboxylic acids is 2. The Bertz CT molecular complexity index is 286. The summed E-state index contributed by atoms with van der Waals surface area (Å²) in [6.07, 6.45) is 3.38. The third-order valence-corrected chi connectivity index (χ3v) is 3.91. The van der Waals surface area contributed by atoms with E-state index >= 15 is 0 Å². The van der Waals surface area contributed by atoms with Gasteiger partial charge in [-0.2, -0.15) is 0 Å². The highest BCUT2D eigenvalue weighted by molar-refractivity contribution is 5.79. The molecule has 0 heterocycles. The Labute approximate surface area is 81.9 Å². The van der Waals surface area contributed by atoms with Crippen molar-refractivity contribution in [3.05, 3.63) is 0 Å². The Morgan fingerprint density at radius 3 is 2.50 bits per heavy atom. The summed E-state index contributed by atoms with van der Waals surface area (Å²) >= 11 is 0. The normalized spacial score (nSPS) is 40.9. The third kappa shape index (κ3) is 1.13. The molecule has 1 unspecified atom stereocenters. The number of fused-ring (bicyclic) bond motifs is 1. The van der Waals surface area contributed by atoms with Gasteiger partial charge in [-0.1, -0.05) is 6.42 Å². The molecule has 2 N–H and O–H groups in total. The first-order valence-corrected chi connectivity index (χ1v) is 5.02. The van der Waals surface area contributed by atoms with Crippen LogP contribution in [0.5, 0.6) is 0 Å². The maximum Gasteiger partial charge on any atom is 0.309 e. The number of carboxylic acids is 2. The van der Waals surface area contributed by atoms with Crippen LogP contribution in [0, 0.1) is 17.3 Å². The first-order chi connectivity index (χ1) is 6.56. The van der Waals surface area contributed by atoms with Crippen molar-refractivity contribution in [3.63, 3.8) is 0 Å². The standard InChI is InChI=1S/C10H14O4/c11-8(12)6-4-7-2-1-3-10(7,5-6)9(13)14/h6-7H,1-5H2,(H,11,12)(H,13,14)/t6?,7-,10-/m1/s1. The van der Waals surface area contributed by atoms with E-state index in [4.69, 9.17) is 5.11 Å². The Hall–Kier alpha value is -1.06. The smallest absolute Gasteiger partial charge is 0.309 e. The van der Waals surface area contributed by atoms with Gasteiger partial charge < -0.3 is 10.2 Å². The quantitative estimate of drug-likeness (QED) is 0.702. The summed E-state index contributed by atoms with van der Waals surface area (Å²) in [5.74, 6) is -1.96. The highest BCUT2D eigenvalue weighted by Crippen LogP contribution is 2.56. The molecule has 0 saturated heterocycles. The Morgan fingerprint density at radius 1 is 1.29 bits per heavy atom. The molecule has 2 rings (SSSR count). The van der Waals surface area contributed by atoms with Gasteiger partial charge in [-0.3, -0.25) is 9.59 Å². The van der Waals surface area contributed by atoms with Gasteiger partial charge >= 0.3 is 11.9 Å². The highest BCUT2D eigenvalue weighted by atomic mass is 16.4. The molecule has 2 aliphatic carbocycles. The highest BCUT2D eigenvalue weighted by Gasteiger charge is 2.56. The van der Waals surface area contributed by atoms with Gasteiger partial charge in [-0.15, -0.1) is 0 Å². The van der Waals surface area contributed by atoms with E-state index in [1.165, 1.54) is 0 Å². The lowest BCUT2D eigenvalue weighted by atomic mass is 9.80. The maximum absolute atomic E-state index is 11.2. The summed E-state index contributed by atoms with van der Waals surface area (Å²) < 4.78 is 0. The van der Waals surface area contributed by atoms with Gasteiger partial charge in [-0.05, 0) is 31.6 Å². The molecule has 0 bridgehead atoms. The summed E-state index contributed by atoms with van der Waals surface area (Å²) in [5.41, 5.74) is -0.705. The molecule has 3 atom stereocenters. The van der Waals surface area contributed by atoms with Crippen molar-refractivity contribution in [2.45, 2.75) is 32.1 Å². The Balaban J connectivity index is 2.23. The van der Waals surface area contributed by atoms with E-state index in [2.05, 4.69) is 0 Å². The van der Waals surface area contributed by atoms with Gasteiger partial charge in [0.15, 0.2) is 0 Å². The second kappa shape index (κ2) is 2.97. The van der Waals surface area contributed by atoms with E-state index < -0.39 is 23.3 Å². The van der Waals surface area contributed by atoms with Crippen LogP contribution in [0.2, 0.25) is 0 Å². The summed E-state index contributed by atoms with van der Waals surface area (Å²) in [5, 5.41) is 18.1. The van der Waals surface area contributed by atoms with Crippen LogP contribution in [0.15, 0.2) is 0 Å². The molecule has 14 heavy (non-hydrogen) atoms. The second-order valence-electron chi connectivity index (χ2n) is 4.53. The molecule has 2 fully saturated rings. The first-order valence-electron chi connectivity index (χ1n) is 5.02. The minimum atomic E-state index is -0.833. The number of carbonyl (C=O) groups is 2. The first kappa shape index (κ1) is 9.49. The summed E-state index contributed by atoms with van der Waals surface area (Å²) in [6.45, 7) is 0. The summed E-state index contributed by atoms with van der Waals surface area (Å²) in [6, 6.07) is 0. The summed E-state index contributed by atoms with van der Waals surface area (Å²) in [7, 11) is 0. The number of hydrogen-bond acceptors (Lipinski definition) is 2. The third-order valence-electron chi connectivity index (χ3n) is 3.91. The van der Waals surface area contributed by atoms with Crippen LogP contribution in [0.4, 0.5) is 0 Å². The Kier molecular flexibility index (Phi) is 2.01. The molecule has 2 aliphatic rings. The van der Waals surface area contributed by atoms with E-state index in [0.29, 0.717) is 19.3 Å². The molecule has 0 aromatic rings. The van der Waals surface area contributed by atoms with Crippen LogP contribution in [0.1, 0.15) is 32.1 Å². The van der Waals surface area contributed by atoms with Crippen molar-refractivity contribution in [2.24, 2.45) is 17.3 Å². The zero-order valence-electron chi connectivity index (χ0n) is 7.90. The average Bonchev–Trinajstić information content (AvgIpc) is 2.57. The number of hydrogen-bond donors (Lipinski definition) is 2. The van der Waals surface area contributed by atoms with E-state index in [-0.39, 0.29) is 5.92 Å². The van der Waals surface area contributed by atoms with Gasteiger partial charge in [0.1, 0.15) is 0 Å². The summed E-state index contributed by atoms with van der Waals surface area (Å²) in [4.78, 5) is 22.0. The van der Waals surface area contributed by atoms with Crippen molar-refractivity contribution in [1.82, 2.24) is 0 Å². The van der Waals surface area contributed by atoms with E-state index in [1.807, 2.05) is 0 Å². The fourth-order valence-corrected chi connectivity index (χ4v) is 3.18. The molecule has 0 spiro atoms. The van der Waals surface area contributed by atoms with Gasteiger partial charge in [0.2, 0.25) is 0 Å². The zero-order valence-corrected chi connectivity index (χ0v) is 7.90. The average molecular weight is 198 g/mol. The monoisotopic (exact) mass is 198 g/mol. The van der Waals surface area contributed by atoms with Crippen molar-refractivity contribution in [1.29, 1.82) is 0 Å². The molecule has 0 aromatic carbocycles. The number of carboxylic acid groups (broad SMARTS) is 2. The molecular weight excluding hydrogens is 184 g/mol. The lowest BCUT2D eigenvalue weighted by Gasteiger charge is -2.23. The SMILES string of the molecule is O=C(O)C1C[C@H]2CCC[C@@]2(C(=O)O)C1. The topological polar surface area (TPSA) is 74.6 Å². The zero-order chi connectivity index (χ0) is 10.3. The maximum atomic E-state index is 11.2. The molecule has 0 aliphatic heterocycles. The predicted octanol–water partition coefficient (Wildman–Crippen LogP) is 1.35. The minimum Gasteiger partial charge on any atom is -0.481 e.